The fourth-order valence-electron chi connectivity index (χ4n) is 2.71. The average molecular weight is 335 g/mol. The predicted octanol–water partition coefficient (Wildman–Crippen LogP) is 4.18. The molecule has 2 atom stereocenters. The highest BCUT2D eigenvalue weighted by Gasteiger charge is 2.24. The minimum Gasteiger partial charge on any atom is -0.372 e. The fourth-order valence-corrected chi connectivity index (χ4v) is 3.14. The standard InChI is InChI=1S/C16H19BrN2O/c1-12-7-8-20-15(9-12)14-10-16(17)18-19(14)11-13-5-3-2-4-6-13/h2-6,10,12,15H,7-9,11H2,1H3. The van der Waals surface area contributed by atoms with E-state index in [-0.39, 0.29) is 6.10 Å². The summed E-state index contributed by atoms with van der Waals surface area (Å²) in [5, 5.41) is 4.56. The predicted molar refractivity (Wildman–Crippen MR) is 82.6 cm³/mol. The van der Waals surface area contributed by atoms with Gasteiger partial charge in [0.15, 0.2) is 0 Å². The van der Waals surface area contributed by atoms with Gasteiger partial charge in [-0.25, -0.2) is 0 Å². The first-order valence-electron chi connectivity index (χ1n) is 7.11. The van der Waals surface area contributed by atoms with Gasteiger partial charge in [-0.2, -0.15) is 5.10 Å². The van der Waals surface area contributed by atoms with E-state index in [9.17, 15) is 0 Å². The van der Waals surface area contributed by atoms with Crippen LogP contribution in [-0.4, -0.2) is 16.4 Å². The Morgan fingerprint density at radius 3 is 2.90 bits per heavy atom. The molecule has 1 aromatic carbocycles. The number of hydrogen-bond donors (Lipinski definition) is 0. The van der Waals surface area contributed by atoms with Gasteiger partial charge in [0.1, 0.15) is 4.60 Å². The molecule has 0 aliphatic carbocycles. The van der Waals surface area contributed by atoms with E-state index >= 15 is 0 Å². The van der Waals surface area contributed by atoms with Gasteiger partial charge in [0.05, 0.1) is 18.3 Å². The first-order chi connectivity index (χ1) is 9.72. The number of ether oxygens (including phenoxy) is 1. The van der Waals surface area contributed by atoms with Crippen molar-refractivity contribution in [3.05, 3.63) is 52.3 Å². The lowest BCUT2D eigenvalue weighted by Gasteiger charge is -2.27. The van der Waals surface area contributed by atoms with Crippen molar-refractivity contribution in [2.45, 2.75) is 32.4 Å². The normalized spacial score (nSPS) is 22.9. The summed E-state index contributed by atoms with van der Waals surface area (Å²) in [6, 6.07) is 12.5. The molecular weight excluding hydrogens is 316 g/mol. The van der Waals surface area contributed by atoms with Gasteiger partial charge in [0.2, 0.25) is 0 Å². The molecule has 3 nitrogen and oxygen atoms in total. The zero-order valence-electron chi connectivity index (χ0n) is 11.6. The molecule has 3 rings (SSSR count). The van der Waals surface area contributed by atoms with Crippen molar-refractivity contribution in [3.63, 3.8) is 0 Å². The van der Waals surface area contributed by atoms with Crippen LogP contribution in [-0.2, 0) is 11.3 Å². The number of benzene rings is 1. The summed E-state index contributed by atoms with van der Waals surface area (Å²) >= 11 is 3.49. The Morgan fingerprint density at radius 2 is 2.15 bits per heavy atom. The number of hydrogen-bond acceptors (Lipinski definition) is 2. The van der Waals surface area contributed by atoms with Gasteiger partial charge in [-0.1, -0.05) is 37.3 Å². The van der Waals surface area contributed by atoms with Crippen LogP contribution in [0.1, 0.15) is 37.1 Å². The van der Waals surface area contributed by atoms with E-state index in [0.29, 0.717) is 5.92 Å². The second-order valence-electron chi connectivity index (χ2n) is 5.52. The van der Waals surface area contributed by atoms with Crippen molar-refractivity contribution in [2.24, 2.45) is 5.92 Å². The molecule has 4 heteroatoms. The summed E-state index contributed by atoms with van der Waals surface area (Å²) in [5.41, 5.74) is 2.43. The molecule has 2 unspecified atom stereocenters. The van der Waals surface area contributed by atoms with Gasteiger partial charge in [0, 0.05) is 6.61 Å². The van der Waals surface area contributed by atoms with Crippen molar-refractivity contribution in [2.75, 3.05) is 6.61 Å². The maximum absolute atomic E-state index is 5.94. The Hall–Kier alpha value is -1.13. The third kappa shape index (κ3) is 3.13. The molecular formula is C16H19BrN2O. The van der Waals surface area contributed by atoms with Crippen molar-refractivity contribution >= 4 is 15.9 Å². The maximum Gasteiger partial charge on any atom is 0.128 e. The molecule has 0 bridgehead atoms. The molecule has 1 aliphatic rings. The first-order valence-corrected chi connectivity index (χ1v) is 7.90. The first kappa shape index (κ1) is 13.8. The van der Waals surface area contributed by atoms with Gasteiger partial charge in [-0.05, 0) is 46.3 Å². The molecule has 1 saturated heterocycles. The number of halogens is 1. The molecule has 0 radical (unpaired) electrons. The zero-order valence-corrected chi connectivity index (χ0v) is 13.2. The van der Waals surface area contributed by atoms with Crippen LogP contribution < -0.4 is 0 Å². The van der Waals surface area contributed by atoms with Crippen LogP contribution in [0.5, 0.6) is 0 Å². The zero-order chi connectivity index (χ0) is 13.9. The number of aromatic nitrogens is 2. The van der Waals surface area contributed by atoms with Crippen LogP contribution >= 0.6 is 15.9 Å². The van der Waals surface area contributed by atoms with E-state index in [2.05, 4.69) is 63.0 Å². The van der Waals surface area contributed by atoms with E-state index < -0.39 is 0 Å². The smallest absolute Gasteiger partial charge is 0.128 e. The van der Waals surface area contributed by atoms with Gasteiger partial charge in [-0.3, -0.25) is 4.68 Å². The summed E-state index contributed by atoms with van der Waals surface area (Å²) in [7, 11) is 0. The molecule has 1 aliphatic heterocycles. The molecule has 0 amide bonds. The van der Waals surface area contributed by atoms with E-state index in [1.807, 2.05) is 6.07 Å². The topological polar surface area (TPSA) is 27.1 Å². The van der Waals surface area contributed by atoms with Crippen molar-refractivity contribution in [1.82, 2.24) is 9.78 Å². The summed E-state index contributed by atoms with van der Waals surface area (Å²) in [6.45, 7) is 3.93. The number of rotatable bonds is 3. The molecule has 20 heavy (non-hydrogen) atoms. The summed E-state index contributed by atoms with van der Waals surface area (Å²) in [6.07, 6.45) is 2.40. The third-order valence-electron chi connectivity index (χ3n) is 3.83. The molecule has 1 aromatic heterocycles. The Labute approximate surface area is 128 Å². The van der Waals surface area contributed by atoms with Crippen LogP contribution in [0.3, 0.4) is 0 Å². The van der Waals surface area contributed by atoms with E-state index in [4.69, 9.17) is 4.74 Å². The maximum atomic E-state index is 5.94. The lowest BCUT2D eigenvalue weighted by molar-refractivity contribution is -0.0111. The molecule has 1 fully saturated rings. The number of nitrogens with zero attached hydrogens (tertiary/aromatic N) is 2. The van der Waals surface area contributed by atoms with Gasteiger partial charge >= 0.3 is 0 Å². The lowest BCUT2D eigenvalue weighted by Crippen LogP contribution is -2.21. The highest BCUT2D eigenvalue weighted by atomic mass is 79.9. The average Bonchev–Trinajstić information content (AvgIpc) is 2.81. The fraction of sp³-hybridized carbons (Fsp3) is 0.438. The van der Waals surface area contributed by atoms with Crippen molar-refractivity contribution in [1.29, 1.82) is 0 Å². The molecule has 0 spiro atoms. The minimum absolute atomic E-state index is 0.168. The summed E-state index contributed by atoms with van der Waals surface area (Å²) < 4.78 is 8.88. The molecule has 2 aromatic rings. The summed E-state index contributed by atoms with van der Waals surface area (Å²) in [5.74, 6) is 0.715. The molecule has 0 saturated carbocycles. The third-order valence-corrected chi connectivity index (χ3v) is 4.22. The van der Waals surface area contributed by atoms with Crippen LogP contribution in [0.15, 0.2) is 41.0 Å². The highest BCUT2D eigenvalue weighted by Crippen LogP contribution is 2.32. The van der Waals surface area contributed by atoms with Crippen molar-refractivity contribution < 1.29 is 4.74 Å². The molecule has 2 heterocycles. The molecule has 106 valence electrons. The Morgan fingerprint density at radius 1 is 1.35 bits per heavy atom. The second-order valence-corrected chi connectivity index (χ2v) is 6.34. The highest BCUT2D eigenvalue weighted by molar-refractivity contribution is 9.10. The largest absolute Gasteiger partial charge is 0.372 e. The van der Waals surface area contributed by atoms with Gasteiger partial charge < -0.3 is 4.74 Å². The van der Waals surface area contributed by atoms with E-state index in [1.54, 1.807) is 0 Å². The van der Waals surface area contributed by atoms with Gasteiger partial charge in [0.25, 0.3) is 0 Å². The Kier molecular flexibility index (Phi) is 4.22. The Balaban J connectivity index is 1.84. The lowest BCUT2D eigenvalue weighted by atomic mass is 9.96. The second kappa shape index (κ2) is 6.10. The Bertz CT molecular complexity index is 567. The van der Waals surface area contributed by atoms with E-state index in [0.717, 1.165) is 30.6 Å². The quantitative estimate of drug-likeness (QED) is 0.841. The molecule has 0 N–H and O–H groups in total. The van der Waals surface area contributed by atoms with Crippen LogP contribution in [0.4, 0.5) is 0 Å². The van der Waals surface area contributed by atoms with Crippen LogP contribution in [0.2, 0.25) is 0 Å². The minimum atomic E-state index is 0.168. The summed E-state index contributed by atoms with van der Waals surface area (Å²) in [4.78, 5) is 0. The van der Waals surface area contributed by atoms with E-state index in [1.165, 1.54) is 11.3 Å². The van der Waals surface area contributed by atoms with Crippen LogP contribution in [0.25, 0.3) is 0 Å². The van der Waals surface area contributed by atoms with Crippen molar-refractivity contribution in [3.8, 4) is 0 Å². The van der Waals surface area contributed by atoms with Gasteiger partial charge in [-0.15, -0.1) is 0 Å². The monoisotopic (exact) mass is 334 g/mol. The van der Waals surface area contributed by atoms with Crippen LogP contribution in [0, 0.1) is 5.92 Å². The SMILES string of the molecule is CC1CCOC(c2cc(Br)nn2Cc2ccccc2)C1.